The summed E-state index contributed by atoms with van der Waals surface area (Å²) in [7, 11) is 0. The summed E-state index contributed by atoms with van der Waals surface area (Å²) in [4.78, 5) is 24.5. The molecule has 3 aliphatic carbocycles. The molecule has 4 rings (SSSR count). The third-order valence-electron chi connectivity index (χ3n) is 7.46. The number of carbonyl (C=O) groups is 2. The Morgan fingerprint density at radius 1 is 1.04 bits per heavy atom. The van der Waals surface area contributed by atoms with Crippen molar-refractivity contribution < 1.29 is 9.59 Å². The first kappa shape index (κ1) is 16.6. The first-order valence-corrected chi connectivity index (χ1v) is 9.53. The van der Waals surface area contributed by atoms with E-state index in [0.717, 1.165) is 24.9 Å². The predicted molar refractivity (Wildman–Crippen MR) is 98.3 cm³/mol. The Morgan fingerprint density at radius 3 is 2.24 bits per heavy atom. The van der Waals surface area contributed by atoms with Gasteiger partial charge in [0.15, 0.2) is 0 Å². The topological polar surface area (TPSA) is 58.2 Å². The van der Waals surface area contributed by atoms with Gasteiger partial charge in [-0.2, -0.15) is 0 Å². The zero-order valence-electron chi connectivity index (χ0n) is 15.4. The van der Waals surface area contributed by atoms with Gasteiger partial charge in [-0.25, -0.2) is 0 Å². The van der Waals surface area contributed by atoms with Gasteiger partial charge in [0.25, 0.3) is 5.91 Å². The van der Waals surface area contributed by atoms with E-state index >= 15 is 0 Å². The number of hydrogen-bond donors (Lipinski definition) is 2. The summed E-state index contributed by atoms with van der Waals surface area (Å²) in [6.45, 7) is 7.05. The van der Waals surface area contributed by atoms with Crippen LogP contribution in [0.2, 0.25) is 0 Å². The highest BCUT2D eigenvalue weighted by Gasteiger charge is 2.61. The van der Waals surface area contributed by atoms with Gasteiger partial charge in [-0.15, -0.1) is 0 Å². The van der Waals surface area contributed by atoms with Crippen LogP contribution in [0.4, 0.5) is 5.69 Å². The molecular weight excluding hydrogens is 312 g/mol. The van der Waals surface area contributed by atoms with Crippen molar-refractivity contribution in [1.82, 2.24) is 5.32 Å². The Morgan fingerprint density at radius 2 is 1.72 bits per heavy atom. The number of amides is 2. The third-order valence-corrected chi connectivity index (χ3v) is 7.46. The number of rotatable bonds is 4. The maximum Gasteiger partial charge on any atom is 0.251 e. The molecule has 4 heteroatoms. The molecule has 3 saturated carbocycles. The molecule has 0 aromatic heterocycles. The Bertz CT molecular complexity index is 705. The molecule has 0 saturated heterocycles. The van der Waals surface area contributed by atoms with Crippen molar-refractivity contribution in [2.45, 2.75) is 58.9 Å². The molecular formula is C21H28N2O2. The fourth-order valence-electron chi connectivity index (χ4n) is 4.96. The van der Waals surface area contributed by atoms with Gasteiger partial charge < -0.3 is 10.6 Å². The lowest BCUT2D eigenvalue weighted by molar-refractivity contribution is -0.117. The lowest BCUT2D eigenvalue weighted by atomic mass is 9.69. The van der Waals surface area contributed by atoms with Gasteiger partial charge in [0, 0.05) is 23.2 Å². The van der Waals surface area contributed by atoms with Gasteiger partial charge in [-0.1, -0.05) is 20.8 Å². The smallest absolute Gasteiger partial charge is 0.251 e. The molecule has 3 fully saturated rings. The van der Waals surface area contributed by atoms with E-state index in [1.54, 1.807) is 12.1 Å². The molecule has 0 aliphatic heterocycles. The van der Waals surface area contributed by atoms with Crippen LogP contribution in [-0.4, -0.2) is 17.9 Å². The summed E-state index contributed by atoms with van der Waals surface area (Å²) in [5.41, 5.74) is 1.91. The highest BCUT2D eigenvalue weighted by molar-refractivity contribution is 5.97. The molecule has 1 aromatic rings. The molecule has 0 spiro atoms. The number of hydrogen-bond acceptors (Lipinski definition) is 2. The van der Waals surface area contributed by atoms with Crippen LogP contribution in [-0.2, 0) is 4.79 Å². The van der Waals surface area contributed by atoms with Crippen LogP contribution in [0, 0.1) is 22.7 Å². The first-order chi connectivity index (χ1) is 11.8. The third kappa shape index (κ3) is 2.66. The average molecular weight is 340 g/mol. The largest absolute Gasteiger partial charge is 0.349 e. The van der Waals surface area contributed by atoms with Crippen molar-refractivity contribution in [2.75, 3.05) is 5.32 Å². The van der Waals surface area contributed by atoms with Crippen molar-refractivity contribution in [3.05, 3.63) is 29.8 Å². The summed E-state index contributed by atoms with van der Waals surface area (Å²) < 4.78 is 0. The van der Waals surface area contributed by atoms with Gasteiger partial charge in [0.2, 0.25) is 5.91 Å². The van der Waals surface area contributed by atoms with E-state index in [4.69, 9.17) is 0 Å². The van der Waals surface area contributed by atoms with Crippen molar-refractivity contribution in [1.29, 1.82) is 0 Å². The number of anilines is 1. The molecule has 4 nitrogen and oxygen atoms in total. The fourth-order valence-corrected chi connectivity index (χ4v) is 4.96. The van der Waals surface area contributed by atoms with E-state index in [1.807, 2.05) is 12.1 Å². The monoisotopic (exact) mass is 340 g/mol. The zero-order chi connectivity index (χ0) is 17.8. The van der Waals surface area contributed by atoms with Crippen LogP contribution < -0.4 is 10.6 Å². The molecule has 134 valence electrons. The minimum Gasteiger partial charge on any atom is -0.349 e. The van der Waals surface area contributed by atoms with Crippen LogP contribution in [0.1, 0.15) is 63.2 Å². The number of benzene rings is 1. The molecule has 3 atom stereocenters. The molecule has 1 aromatic carbocycles. The minimum absolute atomic E-state index is 0.00496. The van der Waals surface area contributed by atoms with Gasteiger partial charge in [-0.05, 0) is 73.1 Å². The van der Waals surface area contributed by atoms with Crippen LogP contribution in [0.15, 0.2) is 24.3 Å². The number of carbonyl (C=O) groups excluding carboxylic acids is 2. The van der Waals surface area contributed by atoms with Crippen LogP contribution in [0.25, 0.3) is 0 Å². The lowest BCUT2D eigenvalue weighted by Gasteiger charge is -2.39. The molecule has 3 aliphatic rings. The number of fused-ring (bicyclic) bond motifs is 2. The minimum atomic E-state index is -0.00496. The molecule has 2 N–H and O–H groups in total. The van der Waals surface area contributed by atoms with E-state index in [1.165, 1.54) is 12.8 Å². The van der Waals surface area contributed by atoms with Crippen molar-refractivity contribution in [3.8, 4) is 0 Å². The Labute approximate surface area is 149 Å². The second-order valence-corrected chi connectivity index (χ2v) is 8.98. The van der Waals surface area contributed by atoms with Gasteiger partial charge >= 0.3 is 0 Å². The Balaban J connectivity index is 1.41. The lowest BCUT2D eigenvalue weighted by Crippen LogP contribution is -2.46. The van der Waals surface area contributed by atoms with Crippen molar-refractivity contribution >= 4 is 17.5 Å². The van der Waals surface area contributed by atoms with Gasteiger partial charge in [-0.3, -0.25) is 9.59 Å². The summed E-state index contributed by atoms with van der Waals surface area (Å²) in [6, 6.07) is 7.50. The van der Waals surface area contributed by atoms with E-state index in [0.29, 0.717) is 16.9 Å². The molecule has 2 bridgehead atoms. The van der Waals surface area contributed by atoms with Gasteiger partial charge in [0.1, 0.15) is 0 Å². The molecule has 0 radical (unpaired) electrons. The van der Waals surface area contributed by atoms with E-state index in [9.17, 15) is 9.59 Å². The van der Waals surface area contributed by atoms with E-state index in [-0.39, 0.29) is 29.2 Å². The average Bonchev–Trinajstić information content (AvgIpc) is 3.37. The second kappa shape index (κ2) is 5.58. The molecule has 0 heterocycles. The maximum atomic E-state index is 12.7. The zero-order valence-corrected chi connectivity index (χ0v) is 15.4. The predicted octanol–water partition coefficient (Wildman–Crippen LogP) is 3.98. The van der Waals surface area contributed by atoms with Crippen LogP contribution in [0.3, 0.4) is 0 Å². The highest BCUT2D eigenvalue weighted by Crippen LogP contribution is 2.65. The molecule has 3 unspecified atom stereocenters. The fraction of sp³-hybridized carbons (Fsp3) is 0.619. The summed E-state index contributed by atoms with van der Waals surface area (Å²) in [5.74, 6) is 0.983. The molecule has 2 amide bonds. The maximum absolute atomic E-state index is 12.7. The molecule has 25 heavy (non-hydrogen) atoms. The van der Waals surface area contributed by atoms with E-state index < -0.39 is 0 Å². The van der Waals surface area contributed by atoms with Crippen molar-refractivity contribution in [3.63, 3.8) is 0 Å². The van der Waals surface area contributed by atoms with Gasteiger partial charge in [0.05, 0.1) is 0 Å². The summed E-state index contributed by atoms with van der Waals surface area (Å²) in [5, 5.41) is 6.20. The second-order valence-electron chi connectivity index (χ2n) is 8.98. The Kier molecular flexibility index (Phi) is 3.71. The summed E-state index contributed by atoms with van der Waals surface area (Å²) >= 11 is 0. The first-order valence-electron chi connectivity index (χ1n) is 9.53. The quantitative estimate of drug-likeness (QED) is 0.871. The summed E-state index contributed by atoms with van der Waals surface area (Å²) in [6.07, 6.45) is 5.55. The highest BCUT2D eigenvalue weighted by atomic mass is 16.2. The van der Waals surface area contributed by atoms with Crippen LogP contribution >= 0.6 is 0 Å². The standard InChI is InChI=1S/C21H28N2O2/c1-20(2)15-10-11-21(20,3)17(12-15)23-19(25)14-6-8-16(9-7-14)22-18(24)13-4-5-13/h6-9,13,15,17H,4-5,10-12H2,1-3H3,(H,22,24)(H,23,25). The number of nitrogens with one attached hydrogen (secondary N) is 2. The van der Waals surface area contributed by atoms with Crippen molar-refractivity contribution in [2.24, 2.45) is 22.7 Å². The normalized spacial score (nSPS) is 32.4. The van der Waals surface area contributed by atoms with Crippen LogP contribution in [0.5, 0.6) is 0 Å². The van der Waals surface area contributed by atoms with E-state index in [2.05, 4.69) is 31.4 Å². The Hall–Kier alpha value is -1.84. The SMILES string of the molecule is CC1(C)C2CCC1(C)C(NC(=O)c1ccc(NC(=O)C3CC3)cc1)C2.